The lowest BCUT2D eigenvalue weighted by Gasteiger charge is -2.34. The molecular formula is C25H28N6S. The molecule has 0 saturated carbocycles. The highest BCUT2D eigenvalue weighted by Gasteiger charge is 2.32. The minimum absolute atomic E-state index is 0.298. The van der Waals surface area contributed by atoms with Crippen LogP contribution in [0.3, 0.4) is 0 Å². The Kier molecular flexibility index (Phi) is 4.75. The first-order valence-electron chi connectivity index (χ1n) is 11.6. The van der Waals surface area contributed by atoms with Gasteiger partial charge in [-0.2, -0.15) is 0 Å². The van der Waals surface area contributed by atoms with Crippen LogP contribution in [-0.4, -0.2) is 33.0 Å². The van der Waals surface area contributed by atoms with Crippen molar-refractivity contribution < 1.29 is 0 Å². The Labute approximate surface area is 192 Å². The maximum atomic E-state index is 5.25. The normalized spacial score (nSPS) is 17.8. The zero-order chi connectivity index (χ0) is 21.7. The minimum Gasteiger partial charge on any atom is -0.365 e. The van der Waals surface area contributed by atoms with Crippen LogP contribution in [0.2, 0.25) is 0 Å². The van der Waals surface area contributed by atoms with E-state index >= 15 is 0 Å². The van der Waals surface area contributed by atoms with Crippen LogP contribution in [-0.2, 0) is 19.4 Å². The predicted molar refractivity (Wildman–Crippen MR) is 132 cm³/mol. The van der Waals surface area contributed by atoms with Crippen molar-refractivity contribution in [3.05, 3.63) is 47.5 Å². The fourth-order valence-electron chi connectivity index (χ4n) is 5.19. The van der Waals surface area contributed by atoms with E-state index in [-0.39, 0.29) is 0 Å². The van der Waals surface area contributed by atoms with Gasteiger partial charge in [0.2, 0.25) is 0 Å². The molecule has 5 heterocycles. The van der Waals surface area contributed by atoms with Gasteiger partial charge in [-0.25, -0.2) is 15.0 Å². The Morgan fingerprint density at radius 2 is 2.03 bits per heavy atom. The summed E-state index contributed by atoms with van der Waals surface area (Å²) < 4.78 is 1.10. The summed E-state index contributed by atoms with van der Waals surface area (Å²) >= 11 is 1.73. The minimum atomic E-state index is 0.298. The van der Waals surface area contributed by atoms with E-state index in [1.54, 1.807) is 23.9 Å². The molecule has 6 rings (SSSR count). The van der Waals surface area contributed by atoms with E-state index in [0.29, 0.717) is 12.0 Å². The largest absolute Gasteiger partial charge is 0.365 e. The molecule has 0 amide bonds. The van der Waals surface area contributed by atoms with E-state index in [1.807, 2.05) is 12.3 Å². The highest BCUT2D eigenvalue weighted by Crippen LogP contribution is 2.46. The van der Waals surface area contributed by atoms with Gasteiger partial charge in [-0.05, 0) is 60.3 Å². The van der Waals surface area contributed by atoms with Crippen molar-refractivity contribution in [2.75, 3.05) is 23.3 Å². The monoisotopic (exact) mass is 444 g/mol. The number of nitrogens with zero attached hydrogens (tertiary/aromatic N) is 5. The lowest BCUT2D eigenvalue weighted by molar-refractivity contribution is 0.316. The molecule has 0 unspecified atom stereocenters. The van der Waals surface area contributed by atoms with Crippen LogP contribution in [0.1, 0.15) is 49.8 Å². The Bertz CT molecular complexity index is 1290. The number of hydrogen-bond donors (Lipinski definition) is 1. The third-order valence-electron chi connectivity index (χ3n) is 6.89. The molecule has 1 saturated heterocycles. The molecule has 4 aromatic rings. The summed E-state index contributed by atoms with van der Waals surface area (Å²) in [4.78, 5) is 22.4. The van der Waals surface area contributed by atoms with Crippen molar-refractivity contribution in [1.82, 2.24) is 19.9 Å². The topological polar surface area (TPSA) is 66.8 Å². The van der Waals surface area contributed by atoms with E-state index in [2.05, 4.69) is 40.1 Å². The van der Waals surface area contributed by atoms with Gasteiger partial charge in [0.15, 0.2) is 0 Å². The first-order chi connectivity index (χ1) is 15.6. The number of pyridine rings is 2. The maximum Gasteiger partial charge on any atom is 0.147 e. The molecule has 7 heteroatoms. The second kappa shape index (κ2) is 7.66. The summed E-state index contributed by atoms with van der Waals surface area (Å²) in [6.45, 7) is 7.71. The van der Waals surface area contributed by atoms with Crippen molar-refractivity contribution >= 4 is 43.4 Å². The van der Waals surface area contributed by atoms with Gasteiger partial charge in [-0.1, -0.05) is 19.9 Å². The number of aromatic nitrogens is 4. The molecular weight excluding hydrogens is 416 g/mol. The summed E-state index contributed by atoms with van der Waals surface area (Å²) in [6, 6.07) is 4.04. The molecule has 0 atom stereocenters. The van der Waals surface area contributed by atoms with Gasteiger partial charge in [0.25, 0.3) is 0 Å². The number of thiophene rings is 1. The van der Waals surface area contributed by atoms with E-state index in [0.717, 1.165) is 52.4 Å². The fourth-order valence-corrected chi connectivity index (χ4v) is 6.31. The SMILES string of the molecule is CC1(C)CCc2c(N3CCCC3)nc3sc4c(NCc5cccnc5)ncnc4c3c2C1. The van der Waals surface area contributed by atoms with Crippen LogP contribution in [0.25, 0.3) is 20.4 Å². The maximum absolute atomic E-state index is 5.25. The third kappa shape index (κ3) is 3.39. The van der Waals surface area contributed by atoms with Crippen molar-refractivity contribution in [2.24, 2.45) is 5.41 Å². The van der Waals surface area contributed by atoms with Gasteiger partial charge in [0, 0.05) is 37.4 Å². The standard InChI is InChI=1S/C25H28N6S/c1-25(2)8-7-17-18(12-25)19-20-21(32-24(19)30-23(17)31-10-3-4-11-31)22(29-15-28-20)27-14-16-6-5-9-26-13-16/h5-6,9,13,15H,3-4,7-8,10-12,14H2,1-2H3,(H,27,28,29). The van der Waals surface area contributed by atoms with Crippen LogP contribution in [0, 0.1) is 5.41 Å². The first kappa shape index (κ1) is 19.9. The van der Waals surface area contributed by atoms with Crippen molar-refractivity contribution in [2.45, 2.75) is 52.5 Å². The fraction of sp³-hybridized carbons (Fsp3) is 0.440. The summed E-state index contributed by atoms with van der Waals surface area (Å²) in [5, 5.41) is 4.76. The number of nitrogens with one attached hydrogen (secondary N) is 1. The van der Waals surface area contributed by atoms with Crippen LogP contribution < -0.4 is 10.2 Å². The van der Waals surface area contributed by atoms with Gasteiger partial charge < -0.3 is 10.2 Å². The molecule has 2 aliphatic rings. The Morgan fingerprint density at radius 3 is 2.84 bits per heavy atom. The zero-order valence-corrected chi connectivity index (χ0v) is 19.5. The van der Waals surface area contributed by atoms with Gasteiger partial charge in [0.05, 0.1) is 10.2 Å². The smallest absolute Gasteiger partial charge is 0.147 e. The van der Waals surface area contributed by atoms with Crippen LogP contribution >= 0.6 is 11.3 Å². The quantitative estimate of drug-likeness (QED) is 0.457. The van der Waals surface area contributed by atoms with Gasteiger partial charge in [-0.15, -0.1) is 11.3 Å². The van der Waals surface area contributed by atoms with E-state index in [1.165, 1.54) is 41.6 Å². The zero-order valence-electron chi connectivity index (χ0n) is 18.7. The molecule has 0 radical (unpaired) electrons. The number of fused-ring (bicyclic) bond motifs is 5. The number of rotatable bonds is 4. The average molecular weight is 445 g/mol. The third-order valence-corrected chi connectivity index (χ3v) is 7.97. The van der Waals surface area contributed by atoms with E-state index < -0.39 is 0 Å². The molecule has 1 fully saturated rings. The average Bonchev–Trinajstić information content (AvgIpc) is 3.45. The van der Waals surface area contributed by atoms with Crippen molar-refractivity contribution in [3.63, 3.8) is 0 Å². The van der Waals surface area contributed by atoms with Crippen LogP contribution in [0.5, 0.6) is 0 Å². The number of hydrogen-bond acceptors (Lipinski definition) is 7. The van der Waals surface area contributed by atoms with Crippen molar-refractivity contribution in [1.29, 1.82) is 0 Å². The van der Waals surface area contributed by atoms with Gasteiger partial charge in [-0.3, -0.25) is 4.98 Å². The van der Waals surface area contributed by atoms with Crippen LogP contribution in [0.4, 0.5) is 11.6 Å². The molecule has 1 aliphatic heterocycles. The van der Waals surface area contributed by atoms with Crippen molar-refractivity contribution in [3.8, 4) is 0 Å². The summed E-state index contributed by atoms with van der Waals surface area (Å²) in [5.41, 5.74) is 5.40. The van der Waals surface area contributed by atoms with E-state index in [9.17, 15) is 0 Å². The molecule has 1 N–H and O–H groups in total. The second-order valence-electron chi connectivity index (χ2n) is 9.82. The molecule has 164 valence electrons. The van der Waals surface area contributed by atoms with Crippen LogP contribution in [0.15, 0.2) is 30.9 Å². The Balaban J connectivity index is 1.51. The van der Waals surface area contributed by atoms with Gasteiger partial charge in [0.1, 0.15) is 22.8 Å². The molecule has 1 aliphatic carbocycles. The molecule has 4 aromatic heterocycles. The lowest BCUT2D eigenvalue weighted by atomic mass is 9.73. The summed E-state index contributed by atoms with van der Waals surface area (Å²) in [7, 11) is 0. The Hall–Kier alpha value is -2.80. The van der Waals surface area contributed by atoms with Gasteiger partial charge >= 0.3 is 0 Å². The number of anilines is 2. The summed E-state index contributed by atoms with van der Waals surface area (Å²) in [6.07, 6.45) is 11.3. The molecule has 6 nitrogen and oxygen atoms in total. The lowest BCUT2D eigenvalue weighted by Crippen LogP contribution is -2.27. The molecule has 0 spiro atoms. The first-order valence-corrected chi connectivity index (χ1v) is 12.4. The molecule has 0 bridgehead atoms. The highest BCUT2D eigenvalue weighted by molar-refractivity contribution is 7.26. The second-order valence-corrected chi connectivity index (χ2v) is 10.8. The molecule has 0 aromatic carbocycles. The summed E-state index contributed by atoms with van der Waals surface area (Å²) in [5.74, 6) is 2.11. The highest BCUT2D eigenvalue weighted by atomic mass is 32.1. The molecule has 32 heavy (non-hydrogen) atoms. The van der Waals surface area contributed by atoms with E-state index in [4.69, 9.17) is 9.97 Å². The predicted octanol–water partition coefficient (Wildman–Crippen LogP) is 5.36. The Morgan fingerprint density at radius 1 is 1.16 bits per heavy atom.